The molecular formula is C56H41N3SSi. The average molecular weight is 816 g/mol. The van der Waals surface area contributed by atoms with E-state index in [2.05, 4.69) is 152 Å². The number of nitrogens with zero attached hydrogens (tertiary/aromatic N) is 3. The maximum absolute atomic E-state index is 5.27. The molecule has 3 nitrogen and oxygen atoms in total. The Morgan fingerprint density at radius 1 is 0.508 bits per heavy atom. The van der Waals surface area contributed by atoms with E-state index in [4.69, 9.17) is 15.0 Å². The van der Waals surface area contributed by atoms with Gasteiger partial charge in [-0.2, -0.15) is 0 Å². The molecule has 2 aromatic heterocycles. The fourth-order valence-electron chi connectivity index (χ4n) is 14.9. The summed E-state index contributed by atoms with van der Waals surface area (Å²) in [6.07, 6.45) is 5.65. The van der Waals surface area contributed by atoms with Crippen molar-refractivity contribution in [3.05, 3.63) is 163 Å². The SMILES string of the molecule is C[Si]12c3ccccc3-c3ccc4c(c31)C1(c3c(-c5ccc(-c6nc(-c7ccccc7)nc(-c7cccc8c7sc7ccccc78)n6)cc5)cccc3-4)C3CC4CC(C3)C2C1C4. The maximum atomic E-state index is 5.27. The number of hydrogen-bond donors (Lipinski definition) is 0. The molecule has 4 fully saturated rings. The van der Waals surface area contributed by atoms with Crippen LogP contribution in [-0.4, -0.2) is 23.0 Å². The Hall–Kier alpha value is -6.01. The highest BCUT2D eigenvalue weighted by atomic mass is 32.1. The first-order valence-electron chi connectivity index (χ1n) is 22.3. The molecule has 290 valence electrons. The van der Waals surface area contributed by atoms with Crippen LogP contribution in [0.5, 0.6) is 0 Å². The zero-order valence-corrected chi connectivity index (χ0v) is 35.7. The first kappa shape index (κ1) is 33.7. The number of thiophene rings is 1. The molecule has 0 saturated heterocycles. The summed E-state index contributed by atoms with van der Waals surface area (Å²) in [6, 6.07) is 56.8. The zero-order valence-electron chi connectivity index (χ0n) is 33.9. The molecule has 7 aliphatic rings. The van der Waals surface area contributed by atoms with Gasteiger partial charge in [0.1, 0.15) is 8.07 Å². The smallest absolute Gasteiger partial charge is 0.165 e. The van der Waals surface area contributed by atoms with Gasteiger partial charge < -0.3 is 0 Å². The Balaban J connectivity index is 0.904. The van der Waals surface area contributed by atoms with Crippen LogP contribution in [0.4, 0.5) is 0 Å². The molecule has 61 heavy (non-hydrogen) atoms. The second-order valence-electron chi connectivity index (χ2n) is 19.2. The predicted octanol–water partition coefficient (Wildman–Crippen LogP) is 12.8. The van der Waals surface area contributed by atoms with Crippen LogP contribution in [-0.2, 0) is 5.41 Å². The third-order valence-corrected chi connectivity index (χ3v) is 23.3. The van der Waals surface area contributed by atoms with Crippen LogP contribution in [0.3, 0.4) is 0 Å². The highest BCUT2D eigenvalue weighted by molar-refractivity contribution is 7.26. The topological polar surface area (TPSA) is 38.7 Å². The minimum Gasteiger partial charge on any atom is -0.208 e. The number of rotatable bonds is 4. The van der Waals surface area contributed by atoms with Crippen LogP contribution in [0.25, 0.3) is 87.7 Å². The molecule has 0 N–H and O–H groups in total. The number of aromatic nitrogens is 3. The summed E-state index contributed by atoms with van der Waals surface area (Å²) in [4.78, 5) is 15.6. The molecule has 6 bridgehead atoms. The van der Waals surface area contributed by atoms with Crippen molar-refractivity contribution in [2.75, 3.05) is 0 Å². The number of hydrogen-bond acceptors (Lipinski definition) is 4. The van der Waals surface area contributed by atoms with Gasteiger partial charge in [-0.3, -0.25) is 0 Å². The van der Waals surface area contributed by atoms with Crippen molar-refractivity contribution in [2.24, 2.45) is 23.7 Å². The molecule has 4 heterocycles. The summed E-state index contributed by atoms with van der Waals surface area (Å²) in [5.74, 6) is 5.30. The molecular weight excluding hydrogens is 775 g/mol. The van der Waals surface area contributed by atoms with Gasteiger partial charge in [-0.25, -0.2) is 15.0 Å². The molecule has 4 saturated carbocycles. The van der Waals surface area contributed by atoms with Crippen LogP contribution >= 0.6 is 11.3 Å². The molecule has 16 rings (SSSR count). The lowest BCUT2D eigenvalue weighted by molar-refractivity contribution is -0.0429. The summed E-state index contributed by atoms with van der Waals surface area (Å²) in [7, 11) is -2.00. The molecule has 7 aromatic carbocycles. The predicted molar refractivity (Wildman–Crippen MR) is 253 cm³/mol. The van der Waals surface area contributed by atoms with E-state index in [0.717, 1.165) is 40.0 Å². The van der Waals surface area contributed by atoms with E-state index in [-0.39, 0.29) is 5.41 Å². The molecule has 5 aliphatic carbocycles. The third kappa shape index (κ3) is 4.09. The molecule has 0 radical (unpaired) electrons. The Labute approximate surface area is 360 Å². The van der Waals surface area contributed by atoms with Gasteiger partial charge in [0.05, 0.1) is 0 Å². The van der Waals surface area contributed by atoms with Crippen molar-refractivity contribution in [3.8, 4) is 67.5 Å². The monoisotopic (exact) mass is 815 g/mol. The van der Waals surface area contributed by atoms with Gasteiger partial charge in [0.2, 0.25) is 0 Å². The van der Waals surface area contributed by atoms with E-state index in [1.165, 1.54) is 62.5 Å². The number of fused-ring (bicyclic) bond motifs is 8. The minimum atomic E-state index is -2.00. The van der Waals surface area contributed by atoms with Gasteiger partial charge in [0, 0.05) is 42.3 Å². The van der Waals surface area contributed by atoms with Gasteiger partial charge in [0.15, 0.2) is 17.5 Å². The van der Waals surface area contributed by atoms with Gasteiger partial charge >= 0.3 is 0 Å². The van der Waals surface area contributed by atoms with E-state index < -0.39 is 8.07 Å². The summed E-state index contributed by atoms with van der Waals surface area (Å²) in [5, 5.41) is 6.07. The standard InChI is InChI=1S/C56H41N3SSi/c1-61-47-20-8-6-14-39(47)43-26-25-41-40-16-9-15-37(48(40)56(49(41)52(43)61)36-28-31-27-35(30-36)51(61)45(56)29-31)32-21-23-34(24-22-32)54-57-53(33-11-3-2-4-12-33)58-55(59-54)44-18-10-17-42-38-13-5-7-19-46(38)60-50(42)44/h2-26,31,35-36,45,51H,27-30H2,1H3. The van der Waals surface area contributed by atoms with E-state index in [1.807, 2.05) is 22.6 Å². The fraction of sp³-hybridized carbons (Fsp3) is 0.196. The number of benzene rings is 7. The quantitative estimate of drug-likeness (QED) is 0.166. The summed E-state index contributed by atoms with van der Waals surface area (Å²) in [6.45, 7) is 2.80. The molecule has 1 spiro atoms. The summed E-state index contributed by atoms with van der Waals surface area (Å²) in [5.41, 5.74) is 16.3. The molecule has 0 amide bonds. The first-order valence-corrected chi connectivity index (χ1v) is 25.7. The van der Waals surface area contributed by atoms with Crippen molar-refractivity contribution in [1.82, 2.24) is 15.0 Å². The molecule has 7 unspecified atom stereocenters. The first-order chi connectivity index (χ1) is 30.1. The van der Waals surface area contributed by atoms with Crippen molar-refractivity contribution >= 4 is 50.0 Å². The Morgan fingerprint density at radius 2 is 1.16 bits per heavy atom. The lowest BCUT2D eigenvalue weighted by Gasteiger charge is -2.70. The Kier molecular flexibility index (Phi) is 6.44. The summed E-state index contributed by atoms with van der Waals surface area (Å²) < 4.78 is 2.48. The largest absolute Gasteiger partial charge is 0.208 e. The zero-order chi connectivity index (χ0) is 39.8. The summed E-state index contributed by atoms with van der Waals surface area (Å²) >= 11 is 1.81. The molecule has 7 atom stereocenters. The lowest BCUT2D eigenvalue weighted by atomic mass is 9.42. The maximum Gasteiger partial charge on any atom is 0.165 e. The van der Waals surface area contributed by atoms with Crippen molar-refractivity contribution in [1.29, 1.82) is 0 Å². The average Bonchev–Trinajstić information content (AvgIpc) is 3.93. The third-order valence-electron chi connectivity index (χ3n) is 16.7. The van der Waals surface area contributed by atoms with Crippen molar-refractivity contribution in [2.45, 2.75) is 43.2 Å². The van der Waals surface area contributed by atoms with Crippen LogP contribution in [0.1, 0.15) is 36.8 Å². The second kappa shape index (κ2) is 11.7. The van der Waals surface area contributed by atoms with Gasteiger partial charge in [0.25, 0.3) is 0 Å². The fourth-order valence-corrected chi connectivity index (χ4v) is 22.4. The molecule has 9 aromatic rings. The van der Waals surface area contributed by atoms with Crippen molar-refractivity contribution in [3.63, 3.8) is 0 Å². The highest BCUT2D eigenvalue weighted by Gasteiger charge is 2.73. The van der Waals surface area contributed by atoms with E-state index in [0.29, 0.717) is 23.4 Å². The van der Waals surface area contributed by atoms with Crippen LogP contribution in [0, 0.1) is 23.7 Å². The van der Waals surface area contributed by atoms with Gasteiger partial charge in [-0.15, -0.1) is 11.3 Å². The van der Waals surface area contributed by atoms with Crippen molar-refractivity contribution < 1.29 is 0 Å². The van der Waals surface area contributed by atoms with Gasteiger partial charge in [-0.05, 0) is 122 Å². The molecule has 5 heteroatoms. The van der Waals surface area contributed by atoms with E-state index in [1.54, 1.807) is 33.0 Å². The lowest BCUT2D eigenvalue weighted by Crippen LogP contribution is -2.73. The van der Waals surface area contributed by atoms with Crippen LogP contribution in [0.2, 0.25) is 12.1 Å². The Bertz CT molecular complexity index is 3390. The van der Waals surface area contributed by atoms with Crippen LogP contribution < -0.4 is 10.4 Å². The van der Waals surface area contributed by atoms with E-state index in [9.17, 15) is 0 Å². The van der Waals surface area contributed by atoms with Gasteiger partial charge in [-0.1, -0.05) is 146 Å². The minimum absolute atomic E-state index is 0.0965. The second-order valence-corrected chi connectivity index (χ2v) is 24.3. The van der Waals surface area contributed by atoms with Crippen LogP contribution in [0.15, 0.2) is 152 Å². The normalized spacial score (nSPS) is 26.5. The molecule has 2 aliphatic heterocycles. The van der Waals surface area contributed by atoms with E-state index >= 15 is 0 Å². The Morgan fingerprint density at radius 3 is 2.05 bits per heavy atom. The highest BCUT2D eigenvalue weighted by Crippen LogP contribution is 2.77.